The molecule has 25 heavy (non-hydrogen) atoms. The highest BCUT2D eigenvalue weighted by Crippen LogP contribution is 2.34. The van der Waals surface area contributed by atoms with Gasteiger partial charge in [-0.25, -0.2) is 9.59 Å². The average molecular weight is 350 g/mol. The number of H-pyrrole nitrogens is 1. The van der Waals surface area contributed by atoms with Crippen LogP contribution in [-0.2, 0) is 9.47 Å². The minimum absolute atomic E-state index is 0.104. The van der Waals surface area contributed by atoms with Gasteiger partial charge in [-0.05, 0) is 31.8 Å². The number of carboxylic acid groups (broad SMARTS) is 1. The summed E-state index contributed by atoms with van der Waals surface area (Å²) in [6.07, 6.45) is 6.71. The summed E-state index contributed by atoms with van der Waals surface area (Å²) in [6.45, 7) is 1.60. The molecule has 1 unspecified atom stereocenters. The lowest BCUT2D eigenvalue weighted by Crippen LogP contribution is -2.39. The number of rotatable bonds is 4. The molecule has 8 heteroatoms. The molecule has 2 N–H and O–H groups in total. The normalized spacial score (nSPS) is 25.0. The number of ether oxygens (including phenoxy) is 2. The van der Waals surface area contributed by atoms with Gasteiger partial charge in [0.2, 0.25) is 0 Å². The first kappa shape index (κ1) is 17.5. The summed E-state index contributed by atoms with van der Waals surface area (Å²) in [6, 6.07) is 0. The number of hydrogen-bond donors (Lipinski definition) is 2. The number of aromatic nitrogens is 2. The Morgan fingerprint density at radius 1 is 1.32 bits per heavy atom. The van der Waals surface area contributed by atoms with E-state index in [1.54, 1.807) is 19.1 Å². The summed E-state index contributed by atoms with van der Waals surface area (Å²) in [5.41, 5.74) is -0.612. The molecular formula is C17H22N2O6. The van der Waals surface area contributed by atoms with E-state index in [4.69, 9.17) is 14.6 Å². The summed E-state index contributed by atoms with van der Waals surface area (Å²) in [5.74, 6) is 0.104. The fraction of sp³-hybridized carbons (Fsp3) is 0.588. The zero-order valence-electron chi connectivity index (χ0n) is 14.0. The molecule has 136 valence electrons. The van der Waals surface area contributed by atoms with Crippen LogP contribution in [0.2, 0.25) is 0 Å². The second kappa shape index (κ2) is 7.26. The molecule has 3 rings (SSSR count). The van der Waals surface area contributed by atoms with Crippen molar-refractivity contribution in [3.05, 3.63) is 44.8 Å². The molecule has 0 amide bonds. The summed E-state index contributed by atoms with van der Waals surface area (Å²) >= 11 is 0. The SMILES string of the molecule is Cc1cn([C@H]2C=C[C@@H](C(OC(=O)O)C3CCCCC3)O2)c(=O)[nH]c1=O. The Balaban J connectivity index is 1.79. The van der Waals surface area contributed by atoms with E-state index >= 15 is 0 Å². The van der Waals surface area contributed by atoms with Gasteiger partial charge in [-0.1, -0.05) is 25.3 Å². The predicted octanol–water partition coefficient (Wildman–Crippen LogP) is 1.94. The van der Waals surface area contributed by atoms with E-state index in [0.29, 0.717) is 5.56 Å². The minimum Gasteiger partial charge on any atom is -0.450 e. The zero-order chi connectivity index (χ0) is 18.0. The van der Waals surface area contributed by atoms with Crippen LogP contribution in [0.1, 0.15) is 43.9 Å². The monoisotopic (exact) mass is 350 g/mol. The lowest BCUT2D eigenvalue weighted by molar-refractivity contribution is -0.0865. The minimum atomic E-state index is -1.33. The van der Waals surface area contributed by atoms with Crippen LogP contribution in [0.3, 0.4) is 0 Å². The molecule has 8 nitrogen and oxygen atoms in total. The maximum atomic E-state index is 12.0. The van der Waals surface area contributed by atoms with Gasteiger partial charge in [-0.2, -0.15) is 0 Å². The molecule has 0 bridgehead atoms. The van der Waals surface area contributed by atoms with Crippen molar-refractivity contribution in [2.45, 2.75) is 57.5 Å². The molecule has 3 atom stereocenters. The summed E-state index contributed by atoms with van der Waals surface area (Å²) in [7, 11) is 0. The van der Waals surface area contributed by atoms with E-state index in [1.165, 1.54) is 10.8 Å². The van der Waals surface area contributed by atoms with Crippen molar-refractivity contribution in [1.29, 1.82) is 0 Å². The van der Waals surface area contributed by atoms with E-state index in [0.717, 1.165) is 32.1 Å². The van der Waals surface area contributed by atoms with Crippen molar-refractivity contribution in [3.8, 4) is 0 Å². The van der Waals surface area contributed by atoms with Crippen LogP contribution in [0.5, 0.6) is 0 Å². The first-order chi connectivity index (χ1) is 12.0. The van der Waals surface area contributed by atoms with Crippen LogP contribution < -0.4 is 11.2 Å². The first-order valence-electron chi connectivity index (χ1n) is 8.51. The van der Waals surface area contributed by atoms with E-state index < -0.39 is 35.8 Å². The molecule has 2 heterocycles. The standard InChI is InChI=1S/C17H22N2O6/c1-10-9-19(16(21)18-15(10)20)13-8-7-12(24-13)14(25-17(22)23)11-5-3-2-4-6-11/h7-9,11-14H,2-6H2,1H3,(H,22,23)(H,18,20,21)/t12-,13+,14?/m0/s1. The molecule has 0 radical (unpaired) electrons. The van der Waals surface area contributed by atoms with Crippen LogP contribution in [0.25, 0.3) is 0 Å². The molecule has 1 aliphatic heterocycles. The highest BCUT2D eigenvalue weighted by molar-refractivity contribution is 5.57. The highest BCUT2D eigenvalue weighted by Gasteiger charge is 2.37. The number of aryl methyl sites for hydroxylation is 1. The third-order valence-corrected chi connectivity index (χ3v) is 4.86. The molecule has 1 fully saturated rings. The Hall–Kier alpha value is -2.35. The van der Waals surface area contributed by atoms with Gasteiger partial charge in [0.15, 0.2) is 6.23 Å². The second-order valence-electron chi connectivity index (χ2n) is 6.60. The number of carbonyl (C=O) groups is 1. The fourth-order valence-corrected chi connectivity index (χ4v) is 3.59. The maximum absolute atomic E-state index is 12.0. The van der Waals surface area contributed by atoms with Crippen molar-refractivity contribution in [1.82, 2.24) is 9.55 Å². The van der Waals surface area contributed by atoms with Crippen molar-refractivity contribution < 1.29 is 19.4 Å². The van der Waals surface area contributed by atoms with Gasteiger partial charge in [-0.3, -0.25) is 14.3 Å². The van der Waals surface area contributed by atoms with Gasteiger partial charge in [0.1, 0.15) is 12.2 Å². The first-order valence-corrected chi connectivity index (χ1v) is 8.51. The fourth-order valence-electron chi connectivity index (χ4n) is 3.59. The Bertz CT molecular complexity index is 774. The average Bonchev–Trinajstić information content (AvgIpc) is 3.06. The van der Waals surface area contributed by atoms with Crippen molar-refractivity contribution in [2.75, 3.05) is 0 Å². The summed E-state index contributed by atoms with van der Waals surface area (Å²) < 4.78 is 12.3. The van der Waals surface area contributed by atoms with E-state index in [-0.39, 0.29) is 5.92 Å². The topological polar surface area (TPSA) is 111 Å². The number of hydrogen-bond acceptors (Lipinski definition) is 5. The van der Waals surface area contributed by atoms with Crippen LogP contribution >= 0.6 is 0 Å². The van der Waals surface area contributed by atoms with E-state index in [1.807, 2.05) is 0 Å². The van der Waals surface area contributed by atoms with Crippen molar-refractivity contribution >= 4 is 6.16 Å². The molecule has 0 aromatic carbocycles. The summed E-state index contributed by atoms with van der Waals surface area (Å²) in [5, 5.41) is 9.07. The summed E-state index contributed by atoms with van der Waals surface area (Å²) in [4.78, 5) is 36.8. The molecule has 1 aromatic rings. The second-order valence-corrected chi connectivity index (χ2v) is 6.60. The molecule has 1 saturated carbocycles. The molecule has 2 aliphatic rings. The lowest BCUT2D eigenvalue weighted by atomic mass is 9.83. The van der Waals surface area contributed by atoms with Gasteiger partial charge in [0, 0.05) is 11.8 Å². The Morgan fingerprint density at radius 3 is 2.72 bits per heavy atom. The molecular weight excluding hydrogens is 328 g/mol. The molecule has 0 saturated heterocycles. The molecule has 0 spiro atoms. The zero-order valence-corrected chi connectivity index (χ0v) is 14.0. The van der Waals surface area contributed by atoms with E-state index in [2.05, 4.69) is 4.98 Å². The third kappa shape index (κ3) is 3.84. The highest BCUT2D eigenvalue weighted by atomic mass is 16.7. The Labute approximate surface area is 144 Å². The van der Waals surface area contributed by atoms with Crippen LogP contribution in [-0.4, -0.2) is 33.0 Å². The van der Waals surface area contributed by atoms with Gasteiger partial charge < -0.3 is 14.6 Å². The molecule has 1 aromatic heterocycles. The largest absolute Gasteiger partial charge is 0.506 e. The van der Waals surface area contributed by atoms with Gasteiger partial charge in [0.25, 0.3) is 5.56 Å². The molecule has 1 aliphatic carbocycles. The smallest absolute Gasteiger partial charge is 0.450 e. The third-order valence-electron chi connectivity index (χ3n) is 4.86. The Kier molecular flexibility index (Phi) is 5.08. The van der Waals surface area contributed by atoms with Crippen LogP contribution in [0.4, 0.5) is 4.79 Å². The van der Waals surface area contributed by atoms with Crippen LogP contribution in [0, 0.1) is 12.8 Å². The quantitative estimate of drug-likeness (QED) is 0.634. The van der Waals surface area contributed by atoms with Gasteiger partial charge >= 0.3 is 11.8 Å². The van der Waals surface area contributed by atoms with E-state index in [9.17, 15) is 14.4 Å². The Morgan fingerprint density at radius 2 is 2.04 bits per heavy atom. The predicted molar refractivity (Wildman–Crippen MR) is 88.6 cm³/mol. The number of aromatic amines is 1. The van der Waals surface area contributed by atoms with Crippen molar-refractivity contribution in [2.24, 2.45) is 5.92 Å². The van der Waals surface area contributed by atoms with Gasteiger partial charge in [-0.15, -0.1) is 0 Å². The maximum Gasteiger partial charge on any atom is 0.506 e. The van der Waals surface area contributed by atoms with Crippen molar-refractivity contribution in [3.63, 3.8) is 0 Å². The lowest BCUT2D eigenvalue weighted by Gasteiger charge is -2.32. The van der Waals surface area contributed by atoms with Gasteiger partial charge in [0.05, 0.1) is 0 Å². The number of nitrogens with one attached hydrogen (secondary N) is 1. The number of nitrogens with zero attached hydrogens (tertiary/aromatic N) is 1. The van der Waals surface area contributed by atoms with Crippen LogP contribution in [0.15, 0.2) is 27.9 Å².